The van der Waals surface area contributed by atoms with Crippen LogP contribution in [-0.2, 0) is 0 Å². The molecule has 0 aliphatic heterocycles. The van der Waals surface area contributed by atoms with Crippen LogP contribution in [0, 0.1) is 0 Å². The summed E-state index contributed by atoms with van der Waals surface area (Å²) in [6.45, 7) is 0. The molecule has 25 heavy (non-hydrogen) atoms. The first-order valence-electron chi connectivity index (χ1n) is 8.27. The van der Waals surface area contributed by atoms with Gasteiger partial charge in [-0.3, -0.25) is 0 Å². The molecule has 0 saturated heterocycles. The largest absolute Gasteiger partial charge is 0.626 e. The van der Waals surface area contributed by atoms with Gasteiger partial charge >= 0.3 is 0 Å². The van der Waals surface area contributed by atoms with Crippen LogP contribution in [0.2, 0.25) is 0 Å². The fraction of sp³-hybridized carbons (Fsp3) is 0. The summed E-state index contributed by atoms with van der Waals surface area (Å²) in [6.07, 6.45) is 0. The average Bonchev–Trinajstić information content (AvgIpc) is 2.70. The van der Waals surface area contributed by atoms with E-state index >= 15 is 0 Å². The smallest absolute Gasteiger partial charge is 0.160 e. The second kappa shape index (κ2) is 7.03. The van der Waals surface area contributed by atoms with E-state index < -0.39 is 7.76 Å². The molecule has 0 spiro atoms. The molecule has 3 aromatic carbocycles. The summed E-state index contributed by atoms with van der Waals surface area (Å²) >= 11 is 0. The van der Waals surface area contributed by atoms with Crippen LogP contribution in [0.25, 0.3) is 33.1 Å². The van der Waals surface area contributed by atoms with E-state index in [1.165, 1.54) is 0 Å². The normalized spacial score (nSPS) is 11.3. The van der Waals surface area contributed by atoms with E-state index in [1.807, 2.05) is 78.6 Å². The quantitative estimate of drug-likeness (QED) is 0.443. The Kier molecular flexibility index (Phi) is 4.43. The Bertz CT molecular complexity index is 980. The van der Waals surface area contributed by atoms with Gasteiger partial charge in [0.05, 0.1) is 7.76 Å². The zero-order valence-electron chi connectivity index (χ0n) is 13.7. The Morgan fingerprint density at radius 3 is 1.56 bits per heavy atom. The zero-order chi connectivity index (χ0) is 17.1. The summed E-state index contributed by atoms with van der Waals surface area (Å²) in [6, 6.07) is 32.6. The highest BCUT2D eigenvalue weighted by Crippen LogP contribution is 2.47. The molecule has 0 amide bonds. The van der Waals surface area contributed by atoms with Gasteiger partial charge in [-0.2, -0.15) is 0 Å². The van der Waals surface area contributed by atoms with Gasteiger partial charge in [0.25, 0.3) is 0 Å². The lowest BCUT2D eigenvalue weighted by atomic mass is 9.93. The number of rotatable bonds is 3. The lowest BCUT2D eigenvalue weighted by molar-refractivity contribution is -0.150. The predicted octanol–water partition coefficient (Wildman–Crippen LogP) is 6.08. The fourth-order valence-corrected chi connectivity index (χ4v) is 4.47. The number of hydrogen-bond acceptors (Lipinski definition) is 1. The van der Waals surface area contributed by atoms with Crippen LogP contribution in [0.15, 0.2) is 103 Å². The first-order valence-corrected chi connectivity index (χ1v) is 9.60. The van der Waals surface area contributed by atoms with Gasteiger partial charge in [-0.05, 0) is 22.8 Å². The van der Waals surface area contributed by atoms with Crippen LogP contribution < -0.4 is 4.89 Å². The molecule has 2 heteroatoms. The van der Waals surface area contributed by atoms with Crippen molar-refractivity contribution in [2.45, 2.75) is 0 Å². The van der Waals surface area contributed by atoms with E-state index in [4.69, 9.17) is 0 Å². The van der Waals surface area contributed by atoms with E-state index in [2.05, 4.69) is 24.3 Å². The highest BCUT2D eigenvalue weighted by molar-refractivity contribution is 7.45. The molecule has 1 atom stereocenters. The third-order valence-corrected chi connectivity index (χ3v) is 5.64. The van der Waals surface area contributed by atoms with Crippen molar-refractivity contribution < 1.29 is 4.89 Å². The molecular weight excluding hydrogens is 323 g/mol. The summed E-state index contributed by atoms with van der Waals surface area (Å²) in [7, 11) is -1.58. The molecule has 120 valence electrons. The molecule has 1 aromatic heterocycles. The van der Waals surface area contributed by atoms with Crippen molar-refractivity contribution in [3.8, 4) is 33.1 Å². The highest BCUT2D eigenvalue weighted by atomic mass is 31.1. The minimum atomic E-state index is -1.58. The summed E-state index contributed by atoms with van der Waals surface area (Å²) < 4.78 is 0. The molecule has 0 aliphatic rings. The van der Waals surface area contributed by atoms with Gasteiger partial charge in [0, 0.05) is 11.1 Å². The van der Waals surface area contributed by atoms with Gasteiger partial charge in [0.1, 0.15) is 5.80 Å². The van der Waals surface area contributed by atoms with E-state index in [-0.39, 0.29) is 0 Å². The maximum Gasteiger partial charge on any atom is 0.160 e. The molecule has 4 rings (SSSR count). The Balaban J connectivity index is 2.08. The standard InChI is InChI=1S/C23H17OP/c24-25-17-16-21(18-10-4-1-5-11-18)22(19-12-6-2-7-13-19)23(25)20-14-8-3-9-15-20/h1-17H. The van der Waals surface area contributed by atoms with E-state index in [0.717, 1.165) is 33.1 Å². The zero-order valence-corrected chi connectivity index (χ0v) is 14.6. The topological polar surface area (TPSA) is 23.1 Å². The van der Waals surface area contributed by atoms with Crippen molar-refractivity contribution in [2.75, 3.05) is 0 Å². The van der Waals surface area contributed by atoms with E-state index in [0.29, 0.717) is 0 Å². The molecule has 0 N–H and O–H groups in total. The van der Waals surface area contributed by atoms with Crippen molar-refractivity contribution in [1.29, 1.82) is 0 Å². The second-order valence-corrected chi connectivity index (χ2v) is 7.27. The maximum atomic E-state index is 12.9. The minimum Gasteiger partial charge on any atom is -0.626 e. The van der Waals surface area contributed by atoms with Gasteiger partial charge in [-0.15, -0.1) is 0 Å². The average molecular weight is 340 g/mol. The summed E-state index contributed by atoms with van der Waals surface area (Å²) in [5.74, 6) is 1.83. The van der Waals surface area contributed by atoms with Crippen molar-refractivity contribution in [3.63, 3.8) is 0 Å². The molecule has 0 saturated carbocycles. The molecule has 1 unspecified atom stereocenters. The van der Waals surface area contributed by atoms with Gasteiger partial charge in [-0.25, -0.2) is 0 Å². The second-order valence-electron chi connectivity index (χ2n) is 5.88. The SMILES string of the molecule is [O-][p+]1ccc(-c2ccccc2)c(-c2ccccc2)c1-c1ccccc1. The van der Waals surface area contributed by atoms with Crippen molar-refractivity contribution in [3.05, 3.63) is 103 Å². The van der Waals surface area contributed by atoms with Crippen LogP contribution in [-0.4, -0.2) is 0 Å². The van der Waals surface area contributed by atoms with Gasteiger partial charge in [0.2, 0.25) is 0 Å². The van der Waals surface area contributed by atoms with Crippen LogP contribution in [0.1, 0.15) is 0 Å². The molecule has 4 aromatic rings. The lowest BCUT2D eigenvalue weighted by Gasteiger charge is -2.15. The third kappa shape index (κ3) is 3.13. The molecular formula is C23H17OP. The van der Waals surface area contributed by atoms with Crippen LogP contribution in [0.5, 0.6) is 0 Å². The van der Waals surface area contributed by atoms with Crippen molar-refractivity contribution in [2.24, 2.45) is 0 Å². The van der Waals surface area contributed by atoms with E-state index in [9.17, 15) is 4.89 Å². The Morgan fingerprint density at radius 2 is 1.00 bits per heavy atom. The lowest BCUT2D eigenvalue weighted by Crippen LogP contribution is -1.94. The monoisotopic (exact) mass is 340 g/mol. The molecule has 0 bridgehead atoms. The van der Waals surface area contributed by atoms with Crippen LogP contribution in [0.4, 0.5) is 0 Å². The first kappa shape index (κ1) is 15.8. The predicted molar refractivity (Wildman–Crippen MR) is 105 cm³/mol. The van der Waals surface area contributed by atoms with Gasteiger partial charge in [-0.1, -0.05) is 91.0 Å². The van der Waals surface area contributed by atoms with Crippen molar-refractivity contribution in [1.82, 2.24) is 0 Å². The molecule has 0 radical (unpaired) electrons. The van der Waals surface area contributed by atoms with Crippen molar-refractivity contribution >= 4 is 7.76 Å². The number of benzene rings is 3. The summed E-state index contributed by atoms with van der Waals surface area (Å²) in [5.41, 5.74) is 5.41. The number of hydrogen-bond donors (Lipinski definition) is 0. The van der Waals surface area contributed by atoms with Crippen LogP contribution in [0.3, 0.4) is 0 Å². The summed E-state index contributed by atoms with van der Waals surface area (Å²) in [4.78, 5) is 12.9. The van der Waals surface area contributed by atoms with E-state index in [1.54, 1.807) is 0 Å². The van der Waals surface area contributed by atoms with Gasteiger partial charge < -0.3 is 4.89 Å². The Hall–Kier alpha value is -2.73. The third-order valence-electron chi connectivity index (χ3n) is 4.30. The first-order chi connectivity index (χ1) is 12.3. The van der Waals surface area contributed by atoms with Crippen LogP contribution >= 0.6 is 7.76 Å². The highest BCUT2D eigenvalue weighted by Gasteiger charge is 2.21. The Morgan fingerprint density at radius 1 is 0.520 bits per heavy atom. The summed E-state index contributed by atoms with van der Waals surface area (Å²) in [5, 5.41) is 0.906. The Labute approximate surface area is 149 Å². The maximum absolute atomic E-state index is 12.9. The van der Waals surface area contributed by atoms with Gasteiger partial charge in [0.15, 0.2) is 5.30 Å². The minimum absolute atomic E-state index is 0.906. The molecule has 1 nitrogen and oxygen atoms in total. The fourth-order valence-electron chi connectivity index (χ4n) is 3.16. The molecule has 1 heterocycles. The molecule has 0 aliphatic carbocycles. The molecule has 0 fully saturated rings.